The highest BCUT2D eigenvalue weighted by molar-refractivity contribution is 5.75. The van der Waals surface area contributed by atoms with Crippen LogP contribution in [0.4, 0.5) is 0 Å². The van der Waals surface area contributed by atoms with E-state index >= 15 is 0 Å². The van der Waals surface area contributed by atoms with Crippen LogP contribution in [0.15, 0.2) is 0 Å². The molecular formula is C13H23NO6. The number of aliphatic hydroxyl groups is 2. The first-order valence-electron chi connectivity index (χ1n) is 6.83. The Bertz CT molecular complexity index is 348. The van der Waals surface area contributed by atoms with Crippen molar-refractivity contribution in [2.45, 2.75) is 57.0 Å². The molecule has 0 aromatic heterocycles. The Morgan fingerprint density at radius 1 is 1.20 bits per heavy atom. The summed E-state index contributed by atoms with van der Waals surface area (Å²) < 4.78 is 5.37. The minimum atomic E-state index is -1.41. The van der Waals surface area contributed by atoms with Crippen molar-refractivity contribution < 1.29 is 29.6 Å². The van der Waals surface area contributed by atoms with E-state index < -0.39 is 30.4 Å². The molecule has 7 nitrogen and oxygen atoms in total. The van der Waals surface area contributed by atoms with Crippen molar-refractivity contribution in [3.63, 3.8) is 0 Å². The molecule has 0 saturated carbocycles. The molecule has 5 unspecified atom stereocenters. The summed E-state index contributed by atoms with van der Waals surface area (Å²) in [5, 5.41) is 31.0. The van der Waals surface area contributed by atoms with Gasteiger partial charge in [-0.05, 0) is 12.8 Å². The van der Waals surface area contributed by atoms with Crippen LogP contribution in [0.25, 0.3) is 0 Å². The molecular weight excluding hydrogens is 266 g/mol. The largest absolute Gasteiger partial charge is 0.479 e. The molecule has 1 heterocycles. The number of carbonyl (C=O) groups excluding carboxylic acids is 1. The van der Waals surface area contributed by atoms with Crippen molar-refractivity contribution in [1.82, 2.24) is 5.32 Å². The summed E-state index contributed by atoms with van der Waals surface area (Å²) in [5.74, 6) is -1.67. The van der Waals surface area contributed by atoms with E-state index in [0.717, 1.165) is 0 Å². The average Bonchev–Trinajstić information content (AvgIpc) is 2.42. The highest BCUT2D eigenvalue weighted by Crippen LogP contribution is 2.29. The molecule has 5 atom stereocenters. The Kier molecular flexibility index (Phi) is 6.38. The van der Waals surface area contributed by atoms with Gasteiger partial charge in [-0.15, -0.1) is 0 Å². The molecule has 0 aromatic rings. The third-order valence-corrected chi connectivity index (χ3v) is 3.77. The Hall–Kier alpha value is -1.18. The highest BCUT2D eigenvalue weighted by atomic mass is 16.5. The fourth-order valence-electron chi connectivity index (χ4n) is 2.39. The number of carboxylic acid groups (broad SMARTS) is 1. The molecule has 0 radical (unpaired) electrons. The third-order valence-electron chi connectivity index (χ3n) is 3.77. The number of aliphatic carboxylic acids is 1. The smallest absolute Gasteiger partial charge is 0.335 e. The second kappa shape index (κ2) is 7.56. The maximum atomic E-state index is 11.1. The Morgan fingerprint density at radius 3 is 2.40 bits per heavy atom. The van der Waals surface area contributed by atoms with Gasteiger partial charge in [0.15, 0.2) is 6.10 Å². The summed E-state index contributed by atoms with van der Waals surface area (Å²) in [6, 6.07) is 0. The number of amides is 1. The monoisotopic (exact) mass is 289 g/mol. The molecule has 1 aliphatic rings. The Balaban J connectivity index is 2.47. The number of hydrogen-bond donors (Lipinski definition) is 4. The maximum absolute atomic E-state index is 11.1. The van der Waals surface area contributed by atoms with Crippen LogP contribution in [0.1, 0.15) is 32.6 Å². The number of carbonyl (C=O) groups is 2. The fraction of sp³-hybridized carbons (Fsp3) is 0.846. The van der Waals surface area contributed by atoms with Crippen molar-refractivity contribution in [3.8, 4) is 0 Å². The molecule has 1 fully saturated rings. The van der Waals surface area contributed by atoms with E-state index in [1.807, 2.05) is 0 Å². The minimum Gasteiger partial charge on any atom is -0.479 e. The van der Waals surface area contributed by atoms with E-state index in [0.29, 0.717) is 25.7 Å². The van der Waals surface area contributed by atoms with Crippen molar-refractivity contribution >= 4 is 11.9 Å². The van der Waals surface area contributed by atoms with Gasteiger partial charge in [-0.2, -0.15) is 0 Å². The van der Waals surface area contributed by atoms with Gasteiger partial charge in [0.25, 0.3) is 0 Å². The fourth-order valence-corrected chi connectivity index (χ4v) is 2.39. The zero-order valence-corrected chi connectivity index (χ0v) is 11.8. The van der Waals surface area contributed by atoms with Gasteiger partial charge < -0.3 is 25.4 Å². The standard InChI is InChI=1S/C13H23NO6/c1-7-8(5-3-4-6-9(15)14-2)20-12(13(18)19)11(17)10(7)16/h7-8,10-12,16-17H,3-6H2,1-2H3,(H,14,15)(H,18,19). The van der Waals surface area contributed by atoms with Gasteiger partial charge in [-0.3, -0.25) is 4.79 Å². The topological polar surface area (TPSA) is 116 Å². The normalized spacial score (nSPS) is 33.7. The average molecular weight is 289 g/mol. The van der Waals surface area contributed by atoms with Crippen LogP contribution in [0.2, 0.25) is 0 Å². The number of carboxylic acids is 1. The van der Waals surface area contributed by atoms with Crippen molar-refractivity contribution in [1.29, 1.82) is 0 Å². The zero-order chi connectivity index (χ0) is 15.3. The second-order valence-corrected chi connectivity index (χ2v) is 5.19. The van der Waals surface area contributed by atoms with Gasteiger partial charge >= 0.3 is 5.97 Å². The van der Waals surface area contributed by atoms with Gasteiger partial charge in [0.1, 0.15) is 6.10 Å². The number of nitrogens with one attached hydrogen (secondary N) is 1. The molecule has 20 heavy (non-hydrogen) atoms. The molecule has 0 bridgehead atoms. The summed E-state index contributed by atoms with van der Waals surface area (Å²) in [7, 11) is 1.57. The SMILES string of the molecule is CNC(=O)CCCCC1OC(C(=O)O)C(O)C(O)C1C. The summed E-state index contributed by atoms with van der Waals surface area (Å²) in [6.07, 6.45) is -2.04. The lowest BCUT2D eigenvalue weighted by Gasteiger charge is -2.40. The van der Waals surface area contributed by atoms with Crippen molar-refractivity contribution in [3.05, 3.63) is 0 Å². The molecule has 0 spiro atoms. The quantitative estimate of drug-likeness (QED) is 0.490. The van der Waals surface area contributed by atoms with Crippen LogP contribution >= 0.6 is 0 Å². The number of aliphatic hydroxyl groups excluding tert-OH is 2. The van der Waals surface area contributed by atoms with Crippen LogP contribution in [0.5, 0.6) is 0 Å². The van der Waals surface area contributed by atoms with E-state index in [9.17, 15) is 19.8 Å². The Labute approximate surface area is 117 Å². The summed E-state index contributed by atoms with van der Waals surface area (Å²) in [5.41, 5.74) is 0. The number of ether oxygens (including phenoxy) is 1. The van der Waals surface area contributed by atoms with Crippen LogP contribution in [-0.2, 0) is 14.3 Å². The predicted octanol–water partition coefficient (Wildman–Crippen LogP) is -0.497. The van der Waals surface area contributed by atoms with Crippen LogP contribution in [0.3, 0.4) is 0 Å². The zero-order valence-electron chi connectivity index (χ0n) is 11.8. The van der Waals surface area contributed by atoms with E-state index in [-0.39, 0.29) is 11.8 Å². The summed E-state index contributed by atoms with van der Waals surface area (Å²) in [4.78, 5) is 22.0. The molecule has 116 valence electrons. The van der Waals surface area contributed by atoms with Gasteiger partial charge in [0.05, 0.1) is 12.2 Å². The van der Waals surface area contributed by atoms with Crippen LogP contribution in [0, 0.1) is 5.92 Å². The van der Waals surface area contributed by atoms with E-state index in [2.05, 4.69) is 5.32 Å². The molecule has 1 amide bonds. The molecule has 0 aromatic carbocycles. The third kappa shape index (κ3) is 4.16. The van der Waals surface area contributed by atoms with E-state index in [1.165, 1.54) is 0 Å². The molecule has 1 saturated heterocycles. The molecule has 4 N–H and O–H groups in total. The summed E-state index contributed by atoms with van der Waals surface area (Å²) >= 11 is 0. The molecule has 1 aliphatic heterocycles. The molecule has 0 aliphatic carbocycles. The summed E-state index contributed by atoms with van der Waals surface area (Å²) in [6.45, 7) is 1.72. The van der Waals surface area contributed by atoms with Crippen molar-refractivity contribution in [2.24, 2.45) is 5.92 Å². The van der Waals surface area contributed by atoms with Gasteiger partial charge in [-0.1, -0.05) is 13.3 Å². The lowest BCUT2D eigenvalue weighted by atomic mass is 9.86. The van der Waals surface area contributed by atoms with Crippen LogP contribution in [-0.4, -0.2) is 58.7 Å². The van der Waals surface area contributed by atoms with E-state index in [4.69, 9.17) is 9.84 Å². The van der Waals surface area contributed by atoms with E-state index in [1.54, 1.807) is 14.0 Å². The molecule has 1 rings (SSSR count). The minimum absolute atomic E-state index is 0.0403. The highest BCUT2D eigenvalue weighted by Gasteiger charge is 2.44. The maximum Gasteiger partial charge on any atom is 0.335 e. The lowest BCUT2D eigenvalue weighted by Crippen LogP contribution is -2.56. The predicted molar refractivity (Wildman–Crippen MR) is 70.0 cm³/mol. The van der Waals surface area contributed by atoms with Crippen molar-refractivity contribution in [2.75, 3.05) is 7.05 Å². The first-order chi connectivity index (χ1) is 9.38. The van der Waals surface area contributed by atoms with Crippen LogP contribution < -0.4 is 5.32 Å². The second-order valence-electron chi connectivity index (χ2n) is 5.19. The number of hydrogen-bond acceptors (Lipinski definition) is 5. The van der Waals surface area contributed by atoms with Gasteiger partial charge in [0.2, 0.25) is 5.91 Å². The first kappa shape index (κ1) is 16.9. The lowest BCUT2D eigenvalue weighted by molar-refractivity contribution is -0.210. The first-order valence-corrected chi connectivity index (χ1v) is 6.83. The van der Waals surface area contributed by atoms with Gasteiger partial charge in [0, 0.05) is 19.4 Å². The van der Waals surface area contributed by atoms with Gasteiger partial charge in [-0.25, -0.2) is 4.79 Å². The Morgan fingerprint density at radius 2 is 1.85 bits per heavy atom. The number of unbranched alkanes of at least 4 members (excludes halogenated alkanes) is 1. The molecule has 7 heteroatoms. The number of rotatable bonds is 6.